The van der Waals surface area contributed by atoms with Crippen LogP contribution < -0.4 is 10.6 Å². The first-order chi connectivity index (χ1) is 7.68. The average molecular weight is 220 g/mol. The van der Waals surface area contributed by atoms with Gasteiger partial charge in [0.15, 0.2) is 5.82 Å². The zero-order valence-electron chi connectivity index (χ0n) is 9.39. The standard InChI is InChI=1S/C11H16N4O/c1-9(16)14-5-7-15(8-6-14)11-10(12)3-2-4-13-11/h2-4H,5-8,12H2,1H3. The second-order valence-electron chi connectivity index (χ2n) is 3.91. The number of amides is 1. The van der Waals surface area contributed by atoms with Crippen molar-refractivity contribution in [3.63, 3.8) is 0 Å². The largest absolute Gasteiger partial charge is 0.396 e. The van der Waals surface area contributed by atoms with Crippen LogP contribution in [0.25, 0.3) is 0 Å². The number of rotatable bonds is 1. The van der Waals surface area contributed by atoms with Gasteiger partial charge in [-0.3, -0.25) is 4.79 Å². The number of aromatic nitrogens is 1. The number of anilines is 2. The van der Waals surface area contributed by atoms with E-state index in [-0.39, 0.29) is 5.91 Å². The van der Waals surface area contributed by atoms with Crippen molar-refractivity contribution >= 4 is 17.4 Å². The number of nitrogens with two attached hydrogens (primary N) is 1. The van der Waals surface area contributed by atoms with E-state index in [2.05, 4.69) is 9.88 Å². The maximum atomic E-state index is 11.2. The SMILES string of the molecule is CC(=O)N1CCN(c2ncccc2N)CC1. The Morgan fingerprint density at radius 2 is 2.06 bits per heavy atom. The molecule has 1 aliphatic rings. The van der Waals surface area contributed by atoms with E-state index in [1.165, 1.54) is 0 Å². The molecule has 1 amide bonds. The number of hydrogen-bond acceptors (Lipinski definition) is 4. The lowest BCUT2D eigenvalue weighted by molar-refractivity contribution is -0.129. The van der Waals surface area contributed by atoms with Gasteiger partial charge in [0.05, 0.1) is 5.69 Å². The van der Waals surface area contributed by atoms with Crippen LogP contribution in [0.15, 0.2) is 18.3 Å². The van der Waals surface area contributed by atoms with Gasteiger partial charge in [0.1, 0.15) is 0 Å². The Morgan fingerprint density at radius 3 is 2.62 bits per heavy atom. The lowest BCUT2D eigenvalue weighted by Gasteiger charge is -2.35. The first kappa shape index (κ1) is 10.7. The Hall–Kier alpha value is -1.78. The molecule has 1 aromatic heterocycles. The molecule has 1 saturated heterocycles. The van der Waals surface area contributed by atoms with E-state index in [0.29, 0.717) is 5.69 Å². The monoisotopic (exact) mass is 220 g/mol. The van der Waals surface area contributed by atoms with Gasteiger partial charge in [-0.2, -0.15) is 0 Å². The molecule has 0 spiro atoms. The quantitative estimate of drug-likeness (QED) is 0.741. The van der Waals surface area contributed by atoms with Crippen LogP contribution in [0.5, 0.6) is 0 Å². The third-order valence-corrected chi connectivity index (χ3v) is 2.84. The van der Waals surface area contributed by atoms with Gasteiger partial charge in [0.25, 0.3) is 0 Å². The molecule has 0 aromatic carbocycles. The van der Waals surface area contributed by atoms with Gasteiger partial charge >= 0.3 is 0 Å². The summed E-state index contributed by atoms with van der Waals surface area (Å²) in [4.78, 5) is 19.4. The third-order valence-electron chi connectivity index (χ3n) is 2.84. The summed E-state index contributed by atoms with van der Waals surface area (Å²) in [5.41, 5.74) is 6.55. The predicted octanol–water partition coefficient (Wildman–Crippen LogP) is 0.332. The summed E-state index contributed by atoms with van der Waals surface area (Å²) in [6, 6.07) is 3.67. The number of nitrogens with zero attached hydrogens (tertiary/aromatic N) is 3. The minimum absolute atomic E-state index is 0.133. The Kier molecular flexibility index (Phi) is 2.94. The van der Waals surface area contributed by atoms with Gasteiger partial charge in [0.2, 0.25) is 5.91 Å². The van der Waals surface area contributed by atoms with Gasteiger partial charge < -0.3 is 15.5 Å². The number of carbonyl (C=O) groups is 1. The molecule has 1 aliphatic heterocycles. The maximum Gasteiger partial charge on any atom is 0.219 e. The van der Waals surface area contributed by atoms with Crippen LogP contribution in [-0.2, 0) is 4.79 Å². The van der Waals surface area contributed by atoms with Crippen LogP contribution in [0.2, 0.25) is 0 Å². The first-order valence-electron chi connectivity index (χ1n) is 5.39. The highest BCUT2D eigenvalue weighted by Gasteiger charge is 2.20. The lowest BCUT2D eigenvalue weighted by Crippen LogP contribution is -2.48. The molecule has 0 aliphatic carbocycles. The molecule has 1 fully saturated rings. The van der Waals surface area contributed by atoms with Crippen LogP contribution in [0.1, 0.15) is 6.92 Å². The van der Waals surface area contributed by atoms with Crippen molar-refractivity contribution in [1.82, 2.24) is 9.88 Å². The van der Waals surface area contributed by atoms with Crippen LogP contribution in [0, 0.1) is 0 Å². The Balaban J connectivity index is 2.05. The molecule has 0 radical (unpaired) electrons. The van der Waals surface area contributed by atoms with Gasteiger partial charge in [-0.1, -0.05) is 0 Å². The summed E-state index contributed by atoms with van der Waals surface area (Å²) >= 11 is 0. The van der Waals surface area contributed by atoms with Crippen LogP contribution in [0.4, 0.5) is 11.5 Å². The van der Waals surface area contributed by atoms with E-state index in [1.54, 1.807) is 13.1 Å². The normalized spacial score (nSPS) is 16.3. The van der Waals surface area contributed by atoms with E-state index in [1.807, 2.05) is 17.0 Å². The van der Waals surface area contributed by atoms with Crippen LogP contribution in [0.3, 0.4) is 0 Å². The van der Waals surface area contributed by atoms with Crippen molar-refractivity contribution in [1.29, 1.82) is 0 Å². The summed E-state index contributed by atoms with van der Waals surface area (Å²) < 4.78 is 0. The van der Waals surface area contributed by atoms with Crippen molar-refractivity contribution in [2.75, 3.05) is 36.8 Å². The van der Waals surface area contributed by atoms with Gasteiger partial charge in [-0.15, -0.1) is 0 Å². The van der Waals surface area contributed by atoms with E-state index < -0.39 is 0 Å². The number of hydrogen-bond donors (Lipinski definition) is 1. The second-order valence-corrected chi connectivity index (χ2v) is 3.91. The Bertz CT molecular complexity index is 385. The summed E-state index contributed by atoms with van der Waals surface area (Å²) in [5.74, 6) is 0.958. The smallest absolute Gasteiger partial charge is 0.219 e. The molecular weight excluding hydrogens is 204 g/mol. The van der Waals surface area contributed by atoms with Crippen LogP contribution >= 0.6 is 0 Å². The fourth-order valence-electron chi connectivity index (χ4n) is 1.91. The average Bonchev–Trinajstić information content (AvgIpc) is 2.30. The molecule has 2 rings (SSSR count). The first-order valence-corrected chi connectivity index (χ1v) is 5.39. The second kappa shape index (κ2) is 4.38. The van der Waals surface area contributed by atoms with E-state index in [9.17, 15) is 4.79 Å². The maximum absolute atomic E-state index is 11.2. The van der Waals surface area contributed by atoms with Crippen LogP contribution in [-0.4, -0.2) is 42.0 Å². The van der Waals surface area contributed by atoms with Crippen molar-refractivity contribution < 1.29 is 4.79 Å². The number of piperazine rings is 1. The lowest BCUT2D eigenvalue weighted by atomic mass is 10.3. The molecule has 0 unspecified atom stereocenters. The van der Waals surface area contributed by atoms with E-state index in [0.717, 1.165) is 32.0 Å². The van der Waals surface area contributed by atoms with E-state index >= 15 is 0 Å². The molecule has 2 N–H and O–H groups in total. The van der Waals surface area contributed by atoms with Gasteiger partial charge in [-0.05, 0) is 12.1 Å². The summed E-state index contributed by atoms with van der Waals surface area (Å²) in [6.45, 7) is 4.67. The van der Waals surface area contributed by atoms with Crippen molar-refractivity contribution in [3.05, 3.63) is 18.3 Å². The minimum atomic E-state index is 0.133. The summed E-state index contributed by atoms with van der Waals surface area (Å²) in [5, 5.41) is 0. The third kappa shape index (κ3) is 2.08. The predicted molar refractivity (Wildman–Crippen MR) is 63.1 cm³/mol. The van der Waals surface area contributed by atoms with Crippen molar-refractivity contribution in [2.24, 2.45) is 0 Å². The topological polar surface area (TPSA) is 62.5 Å². The molecule has 0 saturated carbocycles. The fraction of sp³-hybridized carbons (Fsp3) is 0.455. The van der Waals surface area contributed by atoms with Gasteiger partial charge in [-0.25, -0.2) is 4.98 Å². The molecule has 86 valence electrons. The summed E-state index contributed by atoms with van der Waals surface area (Å²) in [7, 11) is 0. The number of carbonyl (C=O) groups excluding carboxylic acids is 1. The highest BCUT2D eigenvalue weighted by atomic mass is 16.2. The zero-order chi connectivity index (χ0) is 11.5. The molecule has 2 heterocycles. The highest BCUT2D eigenvalue weighted by Crippen LogP contribution is 2.20. The molecule has 0 bridgehead atoms. The number of pyridine rings is 1. The molecule has 16 heavy (non-hydrogen) atoms. The fourth-order valence-corrected chi connectivity index (χ4v) is 1.91. The molecule has 5 heteroatoms. The van der Waals surface area contributed by atoms with Gasteiger partial charge in [0, 0.05) is 39.3 Å². The molecule has 0 atom stereocenters. The Morgan fingerprint density at radius 1 is 1.38 bits per heavy atom. The highest BCUT2D eigenvalue weighted by molar-refractivity contribution is 5.73. The van der Waals surface area contributed by atoms with Crippen molar-refractivity contribution in [3.8, 4) is 0 Å². The zero-order valence-corrected chi connectivity index (χ0v) is 9.39. The molecular formula is C11H16N4O. The number of nitrogen functional groups attached to an aromatic ring is 1. The minimum Gasteiger partial charge on any atom is -0.396 e. The summed E-state index contributed by atoms with van der Waals surface area (Å²) in [6.07, 6.45) is 1.74. The van der Waals surface area contributed by atoms with E-state index in [4.69, 9.17) is 5.73 Å². The molecule has 1 aromatic rings. The molecule has 5 nitrogen and oxygen atoms in total. The Labute approximate surface area is 94.9 Å². The van der Waals surface area contributed by atoms with Crippen molar-refractivity contribution in [2.45, 2.75) is 6.92 Å².